The van der Waals surface area contributed by atoms with Gasteiger partial charge in [0, 0.05) is 24.5 Å². The second-order valence-electron chi connectivity index (χ2n) is 12.1. The summed E-state index contributed by atoms with van der Waals surface area (Å²) in [6.45, 7) is 9.54. The summed E-state index contributed by atoms with van der Waals surface area (Å²) in [6.07, 6.45) is 0.231. The summed E-state index contributed by atoms with van der Waals surface area (Å²) in [5.74, 6) is -0.665. The topological polar surface area (TPSA) is 86.8 Å². The number of sulfonamides is 1. The van der Waals surface area contributed by atoms with Gasteiger partial charge in [-0.15, -0.1) is 0 Å². The highest BCUT2D eigenvalue weighted by Crippen LogP contribution is 2.29. The molecular weight excluding hydrogens is 618 g/mol. The first kappa shape index (κ1) is 34.7. The van der Waals surface area contributed by atoms with Gasteiger partial charge < -0.3 is 10.2 Å². The molecule has 0 saturated heterocycles. The van der Waals surface area contributed by atoms with Crippen LogP contribution in [0, 0.1) is 26.7 Å². The van der Waals surface area contributed by atoms with Crippen LogP contribution in [0.5, 0.6) is 0 Å². The number of benzene rings is 4. The van der Waals surface area contributed by atoms with Gasteiger partial charge in [0.2, 0.25) is 11.8 Å². The first-order valence-electron chi connectivity index (χ1n) is 15.4. The molecule has 242 valence electrons. The zero-order chi connectivity index (χ0) is 33.4. The molecule has 1 N–H and O–H groups in total. The monoisotopic (exact) mass is 659 g/mol. The highest BCUT2D eigenvalue weighted by molar-refractivity contribution is 7.92. The van der Waals surface area contributed by atoms with Gasteiger partial charge in [-0.2, -0.15) is 0 Å². The molecule has 0 radical (unpaired) electrons. The Bertz CT molecular complexity index is 1760. The Morgan fingerprint density at radius 3 is 2.09 bits per heavy atom. The van der Waals surface area contributed by atoms with Gasteiger partial charge >= 0.3 is 0 Å². The molecule has 0 aliphatic rings. The Balaban J connectivity index is 1.83. The minimum Gasteiger partial charge on any atom is -0.354 e. The van der Waals surface area contributed by atoms with Gasteiger partial charge in [0.15, 0.2) is 0 Å². The van der Waals surface area contributed by atoms with Gasteiger partial charge in [0.1, 0.15) is 12.6 Å². The number of halogens is 1. The van der Waals surface area contributed by atoms with Crippen LogP contribution in [-0.2, 0) is 32.6 Å². The highest BCUT2D eigenvalue weighted by atomic mass is 35.5. The third kappa shape index (κ3) is 8.77. The van der Waals surface area contributed by atoms with Crippen LogP contribution in [0.3, 0.4) is 0 Å². The van der Waals surface area contributed by atoms with Crippen LogP contribution >= 0.6 is 11.6 Å². The van der Waals surface area contributed by atoms with Crippen molar-refractivity contribution in [2.45, 2.75) is 58.5 Å². The summed E-state index contributed by atoms with van der Waals surface area (Å²) in [4.78, 5) is 30.1. The van der Waals surface area contributed by atoms with Gasteiger partial charge in [-0.25, -0.2) is 8.42 Å². The maximum absolute atomic E-state index is 14.6. The first-order valence-corrected chi connectivity index (χ1v) is 17.2. The Morgan fingerprint density at radius 1 is 0.826 bits per heavy atom. The zero-order valence-electron chi connectivity index (χ0n) is 27.0. The summed E-state index contributed by atoms with van der Waals surface area (Å²) in [7, 11) is -4.18. The van der Waals surface area contributed by atoms with E-state index in [4.69, 9.17) is 11.6 Å². The van der Waals surface area contributed by atoms with Gasteiger partial charge in [0.25, 0.3) is 10.0 Å². The Morgan fingerprint density at radius 2 is 1.46 bits per heavy atom. The van der Waals surface area contributed by atoms with Crippen molar-refractivity contribution in [2.24, 2.45) is 5.92 Å². The third-order valence-electron chi connectivity index (χ3n) is 7.76. The Labute approximate surface area is 278 Å². The van der Waals surface area contributed by atoms with Crippen molar-refractivity contribution in [1.29, 1.82) is 0 Å². The van der Waals surface area contributed by atoms with E-state index in [0.29, 0.717) is 28.4 Å². The van der Waals surface area contributed by atoms with Crippen LogP contribution in [0.2, 0.25) is 5.02 Å². The van der Waals surface area contributed by atoms with Crippen molar-refractivity contribution in [3.63, 3.8) is 0 Å². The molecule has 0 saturated carbocycles. The largest absolute Gasteiger partial charge is 0.354 e. The minimum absolute atomic E-state index is 0.0103. The van der Waals surface area contributed by atoms with E-state index in [-0.39, 0.29) is 29.7 Å². The van der Waals surface area contributed by atoms with E-state index in [0.717, 1.165) is 21.0 Å². The van der Waals surface area contributed by atoms with Crippen LogP contribution in [0.4, 0.5) is 5.69 Å². The minimum atomic E-state index is -4.18. The van der Waals surface area contributed by atoms with Crippen LogP contribution in [0.15, 0.2) is 102 Å². The number of carbonyl (C=O) groups excluding carboxylic acids is 2. The molecule has 0 aliphatic heterocycles. The quantitative estimate of drug-likeness (QED) is 0.170. The second-order valence-corrected chi connectivity index (χ2v) is 14.3. The zero-order valence-corrected chi connectivity index (χ0v) is 28.6. The number of aryl methyl sites for hydroxylation is 3. The number of amides is 2. The van der Waals surface area contributed by atoms with Crippen LogP contribution in [-0.4, -0.2) is 44.3 Å². The van der Waals surface area contributed by atoms with Gasteiger partial charge in [-0.3, -0.25) is 13.9 Å². The molecule has 0 fully saturated rings. The number of hydrogen-bond donors (Lipinski definition) is 1. The van der Waals surface area contributed by atoms with Gasteiger partial charge in [0.05, 0.1) is 10.6 Å². The third-order valence-corrected chi connectivity index (χ3v) is 9.91. The van der Waals surface area contributed by atoms with Gasteiger partial charge in [-0.05, 0) is 67.6 Å². The van der Waals surface area contributed by atoms with Crippen LogP contribution in [0.1, 0.15) is 41.7 Å². The molecule has 0 heterocycles. The average molecular weight is 660 g/mol. The molecule has 0 aliphatic carbocycles. The number of nitrogens with zero attached hydrogens (tertiary/aromatic N) is 2. The van der Waals surface area contributed by atoms with E-state index in [2.05, 4.69) is 5.32 Å². The van der Waals surface area contributed by atoms with Crippen molar-refractivity contribution in [1.82, 2.24) is 10.2 Å². The lowest BCUT2D eigenvalue weighted by atomic mass is 10.0. The predicted octanol–water partition coefficient (Wildman–Crippen LogP) is 6.87. The number of rotatable bonds is 13. The predicted molar refractivity (Wildman–Crippen MR) is 185 cm³/mol. The summed E-state index contributed by atoms with van der Waals surface area (Å²) in [5, 5.41) is 3.45. The maximum Gasteiger partial charge on any atom is 0.264 e. The molecule has 9 heteroatoms. The van der Waals surface area contributed by atoms with Crippen molar-refractivity contribution in [3.05, 3.63) is 130 Å². The average Bonchev–Trinajstić information content (AvgIpc) is 3.02. The molecule has 0 spiro atoms. The number of anilines is 1. The fourth-order valence-corrected chi connectivity index (χ4v) is 6.90. The molecular formula is C37H42ClN3O4S. The summed E-state index contributed by atoms with van der Waals surface area (Å²) >= 11 is 6.58. The highest BCUT2D eigenvalue weighted by Gasteiger charge is 2.35. The molecule has 0 aromatic heterocycles. The van der Waals surface area contributed by atoms with E-state index in [1.807, 2.05) is 83.1 Å². The summed E-state index contributed by atoms with van der Waals surface area (Å²) in [5.41, 5.74) is 4.48. The molecule has 0 bridgehead atoms. The maximum atomic E-state index is 14.6. The van der Waals surface area contributed by atoms with Crippen molar-refractivity contribution < 1.29 is 18.0 Å². The van der Waals surface area contributed by atoms with E-state index < -0.39 is 28.5 Å². The summed E-state index contributed by atoms with van der Waals surface area (Å²) in [6, 6.07) is 27.7. The van der Waals surface area contributed by atoms with Crippen molar-refractivity contribution in [3.8, 4) is 0 Å². The standard InChI is InChI=1S/C37H42ClN3O4S/c1-26(2)23-39-37(43)35(22-30-11-7-6-8-12-30)40(24-31-13-9-10-14-33(31)38)36(42)25-41(34-20-17-28(4)21-29(34)5)46(44,45)32-18-15-27(3)16-19-32/h6-21,26,35H,22-25H2,1-5H3,(H,39,43)/t35-/m0/s1. The SMILES string of the molecule is Cc1ccc(S(=O)(=O)N(CC(=O)N(Cc2ccccc2Cl)[C@@H](Cc2ccccc2)C(=O)NCC(C)C)c2ccc(C)cc2C)cc1. The number of carbonyl (C=O) groups is 2. The lowest BCUT2D eigenvalue weighted by Crippen LogP contribution is -2.53. The molecule has 4 rings (SSSR count). The molecule has 4 aromatic carbocycles. The Kier molecular flexibility index (Phi) is 11.7. The molecule has 1 atom stereocenters. The van der Waals surface area contributed by atoms with Gasteiger partial charge in [-0.1, -0.05) is 109 Å². The number of hydrogen-bond acceptors (Lipinski definition) is 4. The molecule has 0 unspecified atom stereocenters. The van der Waals surface area contributed by atoms with Crippen molar-refractivity contribution >= 4 is 39.1 Å². The fourth-order valence-electron chi connectivity index (χ4n) is 5.22. The van der Waals surface area contributed by atoms with Crippen LogP contribution < -0.4 is 9.62 Å². The molecule has 46 heavy (non-hydrogen) atoms. The summed E-state index contributed by atoms with van der Waals surface area (Å²) < 4.78 is 29.7. The molecule has 4 aromatic rings. The van der Waals surface area contributed by atoms with Crippen LogP contribution in [0.25, 0.3) is 0 Å². The molecule has 7 nitrogen and oxygen atoms in total. The lowest BCUT2D eigenvalue weighted by molar-refractivity contribution is -0.140. The van der Waals surface area contributed by atoms with E-state index in [1.54, 1.807) is 48.5 Å². The van der Waals surface area contributed by atoms with E-state index >= 15 is 0 Å². The second kappa shape index (κ2) is 15.4. The van der Waals surface area contributed by atoms with E-state index in [1.165, 1.54) is 4.90 Å². The first-order chi connectivity index (χ1) is 21.9. The van der Waals surface area contributed by atoms with Crippen molar-refractivity contribution in [2.75, 3.05) is 17.4 Å². The lowest BCUT2D eigenvalue weighted by Gasteiger charge is -2.34. The van der Waals surface area contributed by atoms with E-state index in [9.17, 15) is 18.0 Å². The number of nitrogens with one attached hydrogen (secondary N) is 1. The normalized spacial score (nSPS) is 12.1. The Hall–Kier alpha value is -4.14. The fraction of sp³-hybridized carbons (Fsp3) is 0.297. The smallest absolute Gasteiger partial charge is 0.264 e. The molecule has 2 amide bonds.